The molecule has 1 aliphatic heterocycles. The number of likely N-dealkylation sites (tertiary alicyclic amines) is 1. The lowest BCUT2D eigenvalue weighted by atomic mass is 9.89. The summed E-state index contributed by atoms with van der Waals surface area (Å²) >= 11 is 0. The highest BCUT2D eigenvalue weighted by molar-refractivity contribution is 5.95. The summed E-state index contributed by atoms with van der Waals surface area (Å²) in [5, 5.41) is 9.39. The quantitative estimate of drug-likeness (QED) is 0.855. The number of hydrogen-bond donors (Lipinski definition) is 1. The topological polar surface area (TPSA) is 59.0 Å². The largest absolute Gasteiger partial charge is 0.508 e. The van der Waals surface area contributed by atoms with Crippen LogP contribution in [0, 0.1) is 0 Å². The van der Waals surface area contributed by atoms with Gasteiger partial charge < -0.3 is 19.5 Å². The molecule has 1 aliphatic rings. The van der Waals surface area contributed by atoms with E-state index in [2.05, 4.69) is 4.74 Å². The first-order valence-electron chi connectivity index (χ1n) is 8.69. The van der Waals surface area contributed by atoms with Crippen LogP contribution >= 0.6 is 0 Å². The number of benzene rings is 2. The van der Waals surface area contributed by atoms with E-state index < -0.39 is 6.61 Å². The molecule has 0 atom stereocenters. The molecule has 3 rings (SSSR count). The molecule has 0 unspecified atom stereocenters. The van der Waals surface area contributed by atoms with Crippen LogP contribution in [-0.2, 0) is 0 Å². The van der Waals surface area contributed by atoms with E-state index in [-0.39, 0.29) is 23.2 Å². The van der Waals surface area contributed by atoms with Crippen molar-refractivity contribution in [3.8, 4) is 17.2 Å². The van der Waals surface area contributed by atoms with E-state index in [1.165, 1.54) is 25.3 Å². The summed E-state index contributed by atoms with van der Waals surface area (Å²) in [5.41, 5.74) is 1.52. The van der Waals surface area contributed by atoms with E-state index in [1.807, 2.05) is 12.1 Å². The minimum Gasteiger partial charge on any atom is -0.508 e. The van der Waals surface area contributed by atoms with Crippen molar-refractivity contribution in [2.75, 3.05) is 20.2 Å². The van der Waals surface area contributed by atoms with Crippen molar-refractivity contribution in [1.82, 2.24) is 4.90 Å². The molecule has 2 aromatic rings. The first-order chi connectivity index (χ1) is 13.0. The van der Waals surface area contributed by atoms with Gasteiger partial charge in [-0.15, -0.1) is 0 Å². The van der Waals surface area contributed by atoms with E-state index in [0.29, 0.717) is 24.6 Å². The lowest BCUT2D eigenvalue weighted by Gasteiger charge is -2.32. The van der Waals surface area contributed by atoms with E-state index in [9.17, 15) is 18.7 Å². The van der Waals surface area contributed by atoms with Gasteiger partial charge in [0.05, 0.1) is 7.11 Å². The lowest BCUT2D eigenvalue weighted by molar-refractivity contribution is -0.0512. The van der Waals surface area contributed by atoms with Gasteiger partial charge in [0.1, 0.15) is 5.75 Å². The Kier molecular flexibility index (Phi) is 5.78. The number of phenols is 1. The number of carbonyl (C=O) groups is 1. The molecule has 1 saturated heterocycles. The molecule has 0 radical (unpaired) electrons. The van der Waals surface area contributed by atoms with Crippen molar-refractivity contribution >= 4 is 5.91 Å². The zero-order valence-corrected chi connectivity index (χ0v) is 14.9. The fourth-order valence-corrected chi connectivity index (χ4v) is 3.34. The summed E-state index contributed by atoms with van der Waals surface area (Å²) in [6, 6.07) is 11.4. The predicted molar refractivity (Wildman–Crippen MR) is 95.6 cm³/mol. The van der Waals surface area contributed by atoms with Crippen molar-refractivity contribution in [2.45, 2.75) is 25.4 Å². The number of nitrogens with zero attached hydrogens (tertiary/aromatic N) is 1. The normalized spacial score (nSPS) is 15.0. The number of hydrogen-bond acceptors (Lipinski definition) is 4. The van der Waals surface area contributed by atoms with Gasteiger partial charge in [-0.1, -0.05) is 12.1 Å². The third kappa shape index (κ3) is 4.48. The minimum absolute atomic E-state index is 0.0973. The fourth-order valence-electron chi connectivity index (χ4n) is 3.34. The molecule has 7 heteroatoms. The number of halogens is 2. The summed E-state index contributed by atoms with van der Waals surface area (Å²) in [6.45, 7) is -1.76. The number of alkyl halides is 2. The van der Waals surface area contributed by atoms with Gasteiger partial charge in [-0.2, -0.15) is 8.78 Å². The van der Waals surface area contributed by atoms with E-state index >= 15 is 0 Å². The third-order valence-electron chi connectivity index (χ3n) is 4.77. The Balaban J connectivity index is 1.66. The molecule has 0 aromatic heterocycles. The van der Waals surface area contributed by atoms with Gasteiger partial charge in [0.25, 0.3) is 5.91 Å². The summed E-state index contributed by atoms with van der Waals surface area (Å²) in [7, 11) is 1.34. The number of ether oxygens (including phenoxy) is 2. The van der Waals surface area contributed by atoms with E-state index in [1.54, 1.807) is 17.0 Å². The highest BCUT2D eigenvalue weighted by Crippen LogP contribution is 2.32. The molecule has 0 saturated carbocycles. The highest BCUT2D eigenvalue weighted by atomic mass is 19.3. The van der Waals surface area contributed by atoms with Crippen molar-refractivity contribution in [3.05, 3.63) is 53.6 Å². The SMILES string of the molecule is COc1cc(C(=O)N2CCC(c3ccc(O)cc3)CC2)ccc1OC(F)F. The number of methoxy groups -OCH3 is 1. The van der Waals surface area contributed by atoms with Gasteiger partial charge >= 0.3 is 6.61 Å². The number of carbonyl (C=O) groups excluding carboxylic acids is 1. The second-order valence-electron chi connectivity index (χ2n) is 6.40. The Bertz CT molecular complexity index is 787. The second-order valence-corrected chi connectivity index (χ2v) is 6.40. The molecule has 1 amide bonds. The van der Waals surface area contributed by atoms with Crippen LogP contribution in [0.5, 0.6) is 17.2 Å². The van der Waals surface area contributed by atoms with Crippen LogP contribution in [0.15, 0.2) is 42.5 Å². The monoisotopic (exact) mass is 377 g/mol. The molecule has 1 fully saturated rings. The molecule has 0 bridgehead atoms. The van der Waals surface area contributed by atoms with Crippen LogP contribution in [-0.4, -0.2) is 42.7 Å². The predicted octanol–water partition coefficient (Wildman–Crippen LogP) is 4.02. The van der Waals surface area contributed by atoms with Crippen molar-refractivity contribution in [2.24, 2.45) is 0 Å². The lowest BCUT2D eigenvalue weighted by Crippen LogP contribution is -2.37. The minimum atomic E-state index is -2.96. The number of amides is 1. The number of phenolic OH excluding ortho intramolecular Hbond substituents is 1. The summed E-state index contributed by atoms with van der Waals surface area (Å²) in [4.78, 5) is 14.5. The zero-order chi connectivity index (χ0) is 19.4. The van der Waals surface area contributed by atoms with Gasteiger partial charge in [-0.25, -0.2) is 0 Å². The maximum Gasteiger partial charge on any atom is 0.387 e. The van der Waals surface area contributed by atoms with E-state index in [4.69, 9.17) is 4.74 Å². The number of aromatic hydroxyl groups is 1. The Morgan fingerprint density at radius 3 is 2.37 bits per heavy atom. The molecule has 1 N–H and O–H groups in total. The first kappa shape index (κ1) is 18.9. The van der Waals surface area contributed by atoms with Crippen molar-refractivity contribution in [1.29, 1.82) is 0 Å². The van der Waals surface area contributed by atoms with Crippen LogP contribution < -0.4 is 9.47 Å². The summed E-state index contributed by atoms with van der Waals surface area (Å²) < 4.78 is 34.3. The third-order valence-corrected chi connectivity index (χ3v) is 4.77. The van der Waals surface area contributed by atoms with Crippen LogP contribution in [0.4, 0.5) is 8.78 Å². The van der Waals surface area contributed by atoms with Gasteiger partial charge in [-0.3, -0.25) is 4.79 Å². The molecule has 27 heavy (non-hydrogen) atoms. The number of rotatable bonds is 5. The Hall–Kier alpha value is -2.83. The smallest absolute Gasteiger partial charge is 0.387 e. The Morgan fingerprint density at radius 1 is 1.11 bits per heavy atom. The van der Waals surface area contributed by atoms with Crippen molar-refractivity contribution in [3.63, 3.8) is 0 Å². The van der Waals surface area contributed by atoms with Crippen LogP contribution in [0.2, 0.25) is 0 Å². The number of piperidine rings is 1. The highest BCUT2D eigenvalue weighted by Gasteiger charge is 2.25. The maximum absolute atomic E-state index is 12.7. The van der Waals surface area contributed by atoms with Gasteiger partial charge in [0.2, 0.25) is 0 Å². The second kappa shape index (κ2) is 8.24. The van der Waals surface area contributed by atoms with Gasteiger partial charge in [0, 0.05) is 18.7 Å². The maximum atomic E-state index is 12.7. The average Bonchev–Trinajstić information content (AvgIpc) is 2.68. The van der Waals surface area contributed by atoms with E-state index in [0.717, 1.165) is 18.4 Å². The molecule has 1 heterocycles. The van der Waals surface area contributed by atoms with Crippen LogP contribution in [0.1, 0.15) is 34.7 Å². The van der Waals surface area contributed by atoms with Crippen LogP contribution in [0.3, 0.4) is 0 Å². The Morgan fingerprint density at radius 2 is 1.78 bits per heavy atom. The molecule has 5 nitrogen and oxygen atoms in total. The molecule has 2 aromatic carbocycles. The molecule has 0 spiro atoms. The zero-order valence-electron chi connectivity index (χ0n) is 14.9. The summed E-state index contributed by atoms with van der Waals surface area (Å²) in [5.74, 6) is 0.404. The fraction of sp³-hybridized carbons (Fsp3) is 0.350. The van der Waals surface area contributed by atoms with Gasteiger partial charge in [-0.05, 0) is 54.7 Å². The molecular weight excluding hydrogens is 356 g/mol. The van der Waals surface area contributed by atoms with Gasteiger partial charge in [0.15, 0.2) is 11.5 Å². The molecule has 144 valence electrons. The van der Waals surface area contributed by atoms with Crippen molar-refractivity contribution < 1.29 is 28.2 Å². The molecular formula is C20H21F2NO4. The Labute approximate surface area is 156 Å². The molecule has 0 aliphatic carbocycles. The standard InChI is InChI=1S/C20H21F2NO4/c1-26-18-12-15(4-7-17(18)27-20(21)22)19(25)23-10-8-14(9-11-23)13-2-5-16(24)6-3-13/h2-7,12,14,20,24H,8-11H2,1H3. The average molecular weight is 377 g/mol. The first-order valence-corrected chi connectivity index (χ1v) is 8.69. The van der Waals surface area contributed by atoms with Crippen LogP contribution in [0.25, 0.3) is 0 Å². The summed E-state index contributed by atoms with van der Waals surface area (Å²) in [6.07, 6.45) is 1.64.